The summed E-state index contributed by atoms with van der Waals surface area (Å²) in [6.07, 6.45) is 4.79. The molecular formula is C15H22N6O3. The Balaban J connectivity index is 2.25. The molecule has 2 heterocycles. The highest BCUT2D eigenvalue weighted by atomic mass is 16.3. The predicted octanol–water partition coefficient (Wildman–Crippen LogP) is 0.557. The third kappa shape index (κ3) is 4.42. The summed E-state index contributed by atoms with van der Waals surface area (Å²) < 4.78 is 5.22. The van der Waals surface area contributed by atoms with Gasteiger partial charge >= 0.3 is 0 Å². The van der Waals surface area contributed by atoms with E-state index in [0.717, 1.165) is 12.8 Å². The zero-order valence-electron chi connectivity index (χ0n) is 13.5. The first-order chi connectivity index (χ1) is 11.5. The molecule has 0 aliphatic carbocycles. The van der Waals surface area contributed by atoms with Crippen molar-refractivity contribution in [1.82, 2.24) is 15.0 Å². The van der Waals surface area contributed by atoms with Crippen molar-refractivity contribution in [2.24, 2.45) is 11.7 Å². The van der Waals surface area contributed by atoms with Crippen LogP contribution in [0.15, 0.2) is 16.9 Å². The van der Waals surface area contributed by atoms with Crippen molar-refractivity contribution in [2.45, 2.75) is 26.2 Å². The number of aromatic nitrogens is 3. The average Bonchev–Trinajstić information content (AvgIpc) is 3.06. The number of hydrogen-bond donors (Lipinski definition) is 4. The number of oxazole rings is 1. The first kappa shape index (κ1) is 17.7. The second kappa shape index (κ2) is 8.25. The lowest BCUT2D eigenvalue weighted by Crippen LogP contribution is -2.21. The molecule has 0 aliphatic rings. The molecule has 2 rings (SSSR count). The van der Waals surface area contributed by atoms with Gasteiger partial charge < -0.3 is 26.3 Å². The van der Waals surface area contributed by atoms with Gasteiger partial charge in [0.05, 0.1) is 12.6 Å². The van der Waals surface area contributed by atoms with Crippen molar-refractivity contribution in [3.8, 4) is 0 Å². The van der Waals surface area contributed by atoms with Crippen LogP contribution in [0.4, 0.5) is 11.8 Å². The fourth-order valence-corrected chi connectivity index (χ4v) is 2.33. The Bertz CT molecular complexity index is 670. The Morgan fingerprint density at radius 3 is 2.83 bits per heavy atom. The van der Waals surface area contributed by atoms with Crippen molar-refractivity contribution >= 4 is 17.7 Å². The zero-order chi connectivity index (χ0) is 17.5. The van der Waals surface area contributed by atoms with Gasteiger partial charge in [0.15, 0.2) is 5.89 Å². The molecule has 1 unspecified atom stereocenters. The molecule has 0 radical (unpaired) electrons. The quantitative estimate of drug-likeness (QED) is 0.518. The highest BCUT2D eigenvalue weighted by Crippen LogP contribution is 2.21. The van der Waals surface area contributed by atoms with E-state index in [1.54, 1.807) is 0 Å². The molecule has 0 bridgehead atoms. The van der Waals surface area contributed by atoms with Crippen molar-refractivity contribution in [1.29, 1.82) is 0 Å². The van der Waals surface area contributed by atoms with Gasteiger partial charge in [0, 0.05) is 18.7 Å². The van der Waals surface area contributed by atoms with Gasteiger partial charge in [-0.05, 0) is 12.3 Å². The number of amides is 1. The summed E-state index contributed by atoms with van der Waals surface area (Å²) in [5, 5.41) is 12.4. The van der Waals surface area contributed by atoms with E-state index in [0.29, 0.717) is 23.8 Å². The molecule has 1 atom stereocenters. The van der Waals surface area contributed by atoms with Crippen LogP contribution >= 0.6 is 0 Å². The zero-order valence-corrected chi connectivity index (χ0v) is 13.5. The summed E-state index contributed by atoms with van der Waals surface area (Å²) in [7, 11) is 0. The van der Waals surface area contributed by atoms with E-state index in [1.807, 2.05) is 6.92 Å². The Labute approximate surface area is 139 Å². The van der Waals surface area contributed by atoms with E-state index < -0.39 is 5.91 Å². The van der Waals surface area contributed by atoms with Gasteiger partial charge in [0.25, 0.3) is 5.91 Å². The number of carbonyl (C=O) groups excluding carboxylic acids is 1. The SMILES string of the molecule is CCC(CO)CCNc1nc(N)nc(C(N)=O)c1Cc1ncco1. The normalized spacial score (nSPS) is 12.1. The topological polar surface area (TPSA) is 153 Å². The molecule has 6 N–H and O–H groups in total. The molecule has 2 aromatic rings. The average molecular weight is 334 g/mol. The number of nitrogens with zero attached hydrogens (tertiary/aromatic N) is 3. The number of primary amides is 1. The van der Waals surface area contributed by atoms with Crippen LogP contribution in [-0.2, 0) is 6.42 Å². The van der Waals surface area contributed by atoms with Crippen molar-refractivity contribution in [3.63, 3.8) is 0 Å². The lowest BCUT2D eigenvalue weighted by atomic mass is 10.0. The standard InChI is InChI=1S/C15H22N6O3/c1-2-9(8-22)3-4-19-14-10(7-11-18-5-6-24-11)12(13(16)23)20-15(17)21-14/h5-6,9,22H,2-4,7-8H2,1H3,(H2,16,23)(H3,17,19,20,21). The number of nitrogen functional groups attached to an aromatic ring is 1. The van der Waals surface area contributed by atoms with Crippen LogP contribution in [0.1, 0.15) is 41.7 Å². The minimum Gasteiger partial charge on any atom is -0.449 e. The van der Waals surface area contributed by atoms with Crippen LogP contribution in [0.3, 0.4) is 0 Å². The Kier molecular flexibility index (Phi) is 6.07. The lowest BCUT2D eigenvalue weighted by Gasteiger charge is -2.15. The van der Waals surface area contributed by atoms with Crippen molar-refractivity contribution in [2.75, 3.05) is 24.2 Å². The Morgan fingerprint density at radius 2 is 2.25 bits per heavy atom. The second-order valence-corrected chi connectivity index (χ2v) is 5.40. The molecule has 0 saturated carbocycles. The first-order valence-corrected chi connectivity index (χ1v) is 7.74. The highest BCUT2D eigenvalue weighted by molar-refractivity contribution is 5.94. The molecule has 0 fully saturated rings. The number of aliphatic hydroxyl groups is 1. The van der Waals surface area contributed by atoms with Gasteiger partial charge in [-0.1, -0.05) is 13.3 Å². The van der Waals surface area contributed by atoms with E-state index in [9.17, 15) is 9.90 Å². The maximum absolute atomic E-state index is 11.7. The molecular weight excluding hydrogens is 312 g/mol. The lowest BCUT2D eigenvalue weighted by molar-refractivity contribution is 0.0994. The van der Waals surface area contributed by atoms with Crippen molar-refractivity contribution < 1.29 is 14.3 Å². The molecule has 1 amide bonds. The first-order valence-electron chi connectivity index (χ1n) is 7.74. The number of carbonyl (C=O) groups is 1. The minimum absolute atomic E-state index is 0.0393. The Morgan fingerprint density at radius 1 is 1.46 bits per heavy atom. The fourth-order valence-electron chi connectivity index (χ4n) is 2.33. The predicted molar refractivity (Wildman–Crippen MR) is 88.2 cm³/mol. The molecule has 9 heteroatoms. The van der Waals surface area contributed by atoms with Gasteiger partial charge in [0.1, 0.15) is 17.8 Å². The van der Waals surface area contributed by atoms with Gasteiger partial charge in [-0.15, -0.1) is 0 Å². The maximum atomic E-state index is 11.7. The summed E-state index contributed by atoms with van der Waals surface area (Å²) in [6.45, 7) is 2.70. The number of rotatable bonds is 9. The van der Waals surface area contributed by atoms with Crippen LogP contribution in [-0.4, -0.2) is 39.1 Å². The second-order valence-electron chi connectivity index (χ2n) is 5.40. The summed E-state index contributed by atoms with van der Waals surface area (Å²) in [5.74, 6) is 0.285. The minimum atomic E-state index is -0.699. The number of anilines is 2. The monoisotopic (exact) mass is 334 g/mol. The van der Waals surface area contributed by atoms with Crippen molar-refractivity contribution in [3.05, 3.63) is 29.6 Å². The molecule has 0 aliphatic heterocycles. The van der Waals surface area contributed by atoms with Gasteiger partial charge in [-0.2, -0.15) is 4.98 Å². The number of nitrogens with one attached hydrogen (secondary N) is 1. The number of hydrogen-bond acceptors (Lipinski definition) is 8. The van der Waals surface area contributed by atoms with E-state index >= 15 is 0 Å². The fraction of sp³-hybridized carbons (Fsp3) is 0.467. The summed E-state index contributed by atoms with van der Waals surface area (Å²) in [6, 6.07) is 0. The van der Waals surface area contributed by atoms with E-state index in [2.05, 4.69) is 20.3 Å². The van der Waals surface area contributed by atoms with Crippen LogP contribution in [0.2, 0.25) is 0 Å². The van der Waals surface area contributed by atoms with Crippen LogP contribution in [0.5, 0.6) is 0 Å². The molecule has 0 aromatic carbocycles. The summed E-state index contributed by atoms with van der Waals surface area (Å²) >= 11 is 0. The Hall–Kier alpha value is -2.68. The third-order valence-corrected chi connectivity index (χ3v) is 3.75. The van der Waals surface area contributed by atoms with Crippen LogP contribution < -0.4 is 16.8 Å². The summed E-state index contributed by atoms with van der Waals surface area (Å²) in [4.78, 5) is 23.8. The number of nitrogens with two attached hydrogens (primary N) is 2. The maximum Gasteiger partial charge on any atom is 0.267 e. The van der Waals surface area contributed by atoms with E-state index in [1.165, 1.54) is 12.5 Å². The largest absolute Gasteiger partial charge is 0.449 e. The summed E-state index contributed by atoms with van der Waals surface area (Å²) in [5.41, 5.74) is 11.6. The molecule has 130 valence electrons. The van der Waals surface area contributed by atoms with Crippen LogP contribution in [0, 0.1) is 5.92 Å². The van der Waals surface area contributed by atoms with Gasteiger partial charge in [0.2, 0.25) is 5.95 Å². The molecule has 9 nitrogen and oxygen atoms in total. The van der Waals surface area contributed by atoms with Gasteiger partial charge in [-0.3, -0.25) is 4.79 Å². The van der Waals surface area contributed by atoms with E-state index in [4.69, 9.17) is 15.9 Å². The smallest absolute Gasteiger partial charge is 0.267 e. The third-order valence-electron chi connectivity index (χ3n) is 3.75. The number of aliphatic hydroxyl groups excluding tert-OH is 1. The van der Waals surface area contributed by atoms with E-state index in [-0.39, 0.29) is 30.6 Å². The molecule has 2 aromatic heterocycles. The molecule has 24 heavy (non-hydrogen) atoms. The highest BCUT2D eigenvalue weighted by Gasteiger charge is 2.19. The van der Waals surface area contributed by atoms with Gasteiger partial charge in [-0.25, -0.2) is 9.97 Å². The molecule has 0 spiro atoms. The molecule has 0 saturated heterocycles. The van der Waals surface area contributed by atoms with Crippen LogP contribution in [0.25, 0.3) is 0 Å².